The van der Waals surface area contributed by atoms with Gasteiger partial charge in [-0.1, -0.05) is 233 Å². The van der Waals surface area contributed by atoms with Crippen molar-refractivity contribution in [3.8, 4) is 0 Å². The molecule has 53 heavy (non-hydrogen) atoms. The molecule has 0 bridgehead atoms. The average Bonchev–Trinajstić information content (AvgIpc) is 3.14. The summed E-state index contributed by atoms with van der Waals surface area (Å²) in [6, 6.07) is 0. The molecular weight excluding hydrogens is 697 g/mol. The predicted octanol–water partition coefficient (Wildman–Crippen LogP) is 15.3. The fourth-order valence-electron chi connectivity index (χ4n) is 7.18. The minimum absolute atomic E-state index is 0.285. The minimum Gasteiger partial charge on any atom is -0.462 e. The van der Waals surface area contributed by atoms with E-state index in [1.807, 2.05) is 0 Å². The first-order valence-electron chi connectivity index (χ1n) is 23.3. The van der Waals surface area contributed by atoms with Gasteiger partial charge in [-0.15, -0.1) is 0 Å². The van der Waals surface area contributed by atoms with Crippen LogP contribution in [0.2, 0.25) is 0 Å². The van der Waals surface area contributed by atoms with Gasteiger partial charge in [0.05, 0.1) is 12.0 Å². The van der Waals surface area contributed by atoms with Gasteiger partial charge in [-0.2, -0.15) is 17.2 Å². The maximum Gasteiger partial charge on any atom is 0.677 e. The molecule has 8 heteroatoms. The highest BCUT2D eigenvalue weighted by atomic mass is 32.1. The van der Waals surface area contributed by atoms with E-state index in [0.29, 0.717) is 6.42 Å². The van der Waals surface area contributed by atoms with Gasteiger partial charge in [-0.05, 0) is 19.3 Å². The van der Waals surface area contributed by atoms with E-state index in [9.17, 15) is 9.59 Å². The van der Waals surface area contributed by atoms with Crippen molar-refractivity contribution in [3.63, 3.8) is 0 Å². The molecule has 0 saturated carbocycles. The van der Waals surface area contributed by atoms with Crippen LogP contribution in [-0.2, 0) is 27.9 Å². The fourth-order valence-corrected chi connectivity index (χ4v) is 9.93. The second-order valence-electron chi connectivity index (χ2n) is 15.9. The zero-order chi connectivity index (χ0) is 38.9. The Hall–Kier alpha value is -0.573. The molecule has 0 fully saturated rings. The Morgan fingerprint density at radius 1 is 0.415 bits per heavy atom. The van der Waals surface area contributed by atoms with E-state index in [1.54, 1.807) is 0 Å². The van der Waals surface area contributed by atoms with Crippen molar-refractivity contribution >= 4 is 33.4 Å². The van der Waals surface area contributed by atoms with Crippen molar-refractivity contribution < 1.29 is 27.9 Å². The Labute approximate surface area is 336 Å². The van der Waals surface area contributed by atoms with Crippen LogP contribution in [0.5, 0.6) is 0 Å². The highest BCUT2D eigenvalue weighted by Gasteiger charge is 2.57. The van der Waals surface area contributed by atoms with Crippen LogP contribution in [0.1, 0.15) is 265 Å². The lowest BCUT2D eigenvalue weighted by Crippen LogP contribution is -2.56. The molecule has 0 aromatic carbocycles. The normalized spacial score (nSPS) is 12.3. The predicted molar refractivity (Wildman–Crippen MR) is 231 cm³/mol. The Balaban J connectivity index is 4.49. The van der Waals surface area contributed by atoms with Gasteiger partial charge in [0.25, 0.3) is 11.9 Å². The van der Waals surface area contributed by atoms with Gasteiger partial charge in [0, 0.05) is 12.8 Å². The van der Waals surface area contributed by atoms with Crippen LogP contribution in [-0.4, -0.2) is 32.7 Å². The molecule has 0 saturated heterocycles. The molecule has 0 radical (unpaired) electrons. The zero-order valence-corrected chi connectivity index (χ0v) is 37.7. The van der Waals surface area contributed by atoms with Crippen molar-refractivity contribution in [2.75, 3.05) is 7.11 Å². The average molecular weight is 787 g/mol. The summed E-state index contributed by atoms with van der Waals surface area (Å²) in [7, 11) is -2.49. The van der Waals surface area contributed by atoms with E-state index in [-0.39, 0.29) is 24.8 Å². The summed E-state index contributed by atoms with van der Waals surface area (Å²) in [6.07, 6.45) is 44.8. The summed E-state index contributed by atoms with van der Waals surface area (Å²) in [4.78, 5) is 30.8. The third-order valence-corrected chi connectivity index (χ3v) is 14.4. The number of hydrogen-bond acceptors (Lipinski definition) is 7. The Kier molecular flexibility index (Phi) is 40.6. The molecule has 0 aliphatic carbocycles. The number of hydrogen-bond donors (Lipinski definition) is 1. The van der Waals surface area contributed by atoms with Gasteiger partial charge in [0.15, 0.2) is 0 Å². The molecule has 0 N–H and O–H groups in total. The summed E-state index contributed by atoms with van der Waals surface area (Å²) >= 11 is 4.82. The quantitative estimate of drug-likeness (QED) is 0.0218. The van der Waals surface area contributed by atoms with Gasteiger partial charge < -0.3 is 8.85 Å². The van der Waals surface area contributed by atoms with Gasteiger partial charge in [0.2, 0.25) is 0 Å². The second kappa shape index (κ2) is 41.1. The van der Waals surface area contributed by atoms with E-state index < -0.39 is 13.7 Å². The molecule has 0 spiro atoms. The molecule has 1 unspecified atom stereocenters. The van der Waals surface area contributed by atoms with E-state index in [4.69, 9.17) is 30.9 Å². The maximum absolute atomic E-state index is 13.1. The molecule has 0 aliphatic heterocycles. The van der Waals surface area contributed by atoms with Crippen molar-refractivity contribution in [1.82, 2.24) is 0 Å². The van der Waals surface area contributed by atoms with Crippen molar-refractivity contribution in [2.24, 2.45) is 0 Å². The van der Waals surface area contributed by atoms with Crippen LogP contribution in [0.4, 0.5) is 0 Å². The topological polar surface area (TPSA) is 71.1 Å². The molecule has 6 nitrogen and oxygen atoms in total. The molecular formula is C45H90O6SSi. The molecule has 0 aromatic rings. The monoisotopic (exact) mass is 787 g/mol. The number of thiol groups is 1. The molecule has 0 heterocycles. The van der Waals surface area contributed by atoms with Crippen LogP contribution < -0.4 is 0 Å². The number of carbonyl (C=O) groups excluding carboxylic acids is 2. The van der Waals surface area contributed by atoms with Gasteiger partial charge >= 0.3 is 8.80 Å². The van der Waals surface area contributed by atoms with Crippen molar-refractivity contribution in [3.05, 3.63) is 0 Å². The first kappa shape index (κ1) is 52.4. The molecule has 0 aliphatic rings. The Morgan fingerprint density at radius 2 is 0.660 bits per heavy atom. The number of rotatable bonds is 43. The van der Waals surface area contributed by atoms with Gasteiger partial charge in [-0.25, -0.2) is 4.89 Å². The first-order valence-corrected chi connectivity index (χ1v) is 25.6. The third kappa shape index (κ3) is 34.4. The Bertz CT molecular complexity index is 736. The summed E-state index contributed by atoms with van der Waals surface area (Å²) in [6.45, 7) is 6.75. The molecule has 1 atom stereocenters. The van der Waals surface area contributed by atoms with E-state index in [2.05, 4.69) is 20.8 Å². The molecule has 0 rings (SSSR count). The fraction of sp³-hybridized carbons (Fsp3) is 0.956. The van der Waals surface area contributed by atoms with Crippen LogP contribution in [0.15, 0.2) is 0 Å². The smallest absolute Gasteiger partial charge is 0.462 e. The molecule has 0 aromatic heterocycles. The lowest BCUT2D eigenvalue weighted by molar-refractivity contribution is -0.228. The second-order valence-corrected chi connectivity index (χ2v) is 19.5. The highest BCUT2D eigenvalue weighted by Crippen LogP contribution is 2.27. The summed E-state index contributed by atoms with van der Waals surface area (Å²) in [5, 5.41) is 0. The van der Waals surface area contributed by atoms with Crippen LogP contribution in [0.3, 0.4) is 0 Å². The van der Waals surface area contributed by atoms with E-state index >= 15 is 0 Å². The summed E-state index contributed by atoms with van der Waals surface area (Å²) in [5.74, 6) is -0.763. The van der Waals surface area contributed by atoms with Crippen LogP contribution in [0, 0.1) is 0 Å². The largest absolute Gasteiger partial charge is 0.677 e. The standard InChI is InChI=1S/C45H90O6SSi/c1-5-8-11-14-16-18-20-22-24-26-28-30-32-35-37-40-43(46)49-53(51-48-4,45(52)42-39-34-13-10-7-3)50-44(47)41-38-36-33-31-29-27-25-23-21-19-17-15-12-9-6-2/h45,52H,5-42H2,1-4H3. The molecule has 0 amide bonds. The van der Waals surface area contributed by atoms with Gasteiger partial charge in [-0.3, -0.25) is 9.59 Å². The van der Waals surface area contributed by atoms with Crippen LogP contribution in [0.25, 0.3) is 0 Å². The number of unbranched alkanes of at least 4 members (excludes halogenated alkanes) is 32. The summed E-state index contributed by atoms with van der Waals surface area (Å²) < 4.78 is 17.6. The molecule has 316 valence electrons. The van der Waals surface area contributed by atoms with Crippen molar-refractivity contribution in [2.45, 2.75) is 270 Å². The lowest BCUT2D eigenvalue weighted by atomic mass is 10.0. The van der Waals surface area contributed by atoms with Crippen LogP contribution >= 0.6 is 12.6 Å². The third-order valence-electron chi connectivity index (χ3n) is 10.7. The first-order chi connectivity index (χ1) is 26.0. The SMILES string of the molecule is CCCCCCCCCCCCCCCCCC(=O)O[Si](OOC)(OC(=O)CCCCCCCCCCCCCCCCC)C(S)CCCCCCC. The summed E-state index contributed by atoms with van der Waals surface area (Å²) in [5.41, 5.74) is 0. The minimum atomic E-state index is -3.87. The number of carbonyl (C=O) groups is 2. The Morgan fingerprint density at radius 3 is 0.925 bits per heavy atom. The van der Waals surface area contributed by atoms with E-state index in [1.165, 1.54) is 174 Å². The van der Waals surface area contributed by atoms with Gasteiger partial charge in [0.1, 0.15) is 0 Å². The maximum atomic E-state index is 13.1. The highest BCUT2D eigenvalue weighted by molar-refractivity contribution is 7.83. The van der Waals surface area contributed by atoms with E-state index in [0.717, 1.165) is 57.8 Å². The lowest BCUT2D eigenvalue weighted by Gasteiger charge is -2.30. The van der Waals surface area contributed by atoms with Crippen molar-refractivity contribution in [1.29, 1.82) is 0 Å². The zero-order valence-electron chi connectivity index (χ0n) is 35.8.